The van der Waals surface area contributed by atoms with Crippen molar-refractivity contribution in [2.45, 2.75) is 0 Å². The van der Waals surface area contributed by atoms with Gasteiger partial charge in [-0.05, 0) is 6.08 Å². The molecule has 0 unspecified atom stereocenters. The molecular weight excluding hydrogens is 136 g/mol. The molecule has 4 heteroatoms. The Morgan fingerprint density at radius 1 is 1.50 bits per heavy atom. The molecule has 0 aromatic heterocycles. The molecule has 0 rings (SSSR count). The van der Waals surface area contributed by atoms with Crippen molar-refractivity contribution < 1.29 is 19.4 Å². The maximum Gasteiger partial charge on any atom is 0.330 e. The molecule has 56 valence electrons. The predicted molar refractivity (Wildman–Crippen MR) is 33.2 cm³/mol. The lowest BCUT2D eigenvalue weighted by Gasteiger charge is -1.87. The number of hydrogen-bond acceptors (Lipinski definition) is 4. The molecule has 4 nitrogen and oxygen atoms in total. The zero-order valence-electron chi connectivity index (χ0n) is 5.53. The Hall–Kier alpha value is -1.16. The van der Waals surface area contributed by atoms with Crippen LogP contribution in [-0.4, -0.2) is 30.6 Å². The third-order valence-electron chi connectivity index (χ3n) is 0.762. The summed E-state index contributed by atoms with van der Waals surface area (Å²) < 4.78 is 4.19. The average molecular weight is 144 g/mol. The summed E-state index contributed by atoms with van der Waals surface area (Å²) in [5, 5.41) is 8.17. The fraction of sp³-hybridized carbons (Fsp3) is 0.333. The summed E-state index contributed by atoms with van der Waals surface area (Å²) in [6, 6.07) is 0. The first-order valence-corrected chi connectivity index (χ1v) is 2.60. The molecular formula is C6H8O4. The van der Waals surface area contributed by atoms with Gasteiger partial charge in [0.1, 0.15) is 6.61 Å². The Morgan fingerprint density at radius 3 is 2.50 bits per heavy atom. The molecule has 0 amide bonds. The van der Waals surface area contributed by atoms with Crippen LogP contribution in [0.3, 0.4) is 0 Å². The zero-order valence-corrected chi connectivity index (χ0v) is 5.53. The maximum atomic E-state index is 10.3. The van der Waals surface area contributed by atoms with Gasteiger partial charge in [0, 0.05) is 6.08 Å². The van der Waals surface area contributed by atoms with Gasteiger partial charge in [-0.2, -0.15) is 0 Å². The summed E-state index contributed by atoms with van der Waals surface area (Å²) in [5.74, 6) is -1.13. The van der Waals surface area contributed by atoms with Crippen molar-refractivity contribution in [1.82, 2.24) is 0 Å². The molecule has 10 heavy (non-hydrogen) atoms. The maximum absolute atomic E-state index is 10.3. The van der Waals surface area contributed by atoms with E-state index in [0.29, 0.717) is 0 Å². The predicted octanol–water partition coefficient (Wildman–Crippen LogP) is -0.723. The first kappa shape index (κ1) is 8.84. The molecule has 0 bridgehead atoms. The molecule has 0 spiro atoms. The number of aliphatic hydroxyl groups excluding tert-OH is 1. The molecule has 0 aliphatic rings. The number of ketones is 1. The van der Waals surface area contributed by atoms with E-state index in [0.717, 1.165) is 12.2 Å². The molecule has 0 aliphatic heterocycles. The fourth-order valence-corrected chi connectivity index (χ4v) is 0.282. The summed E-state index contributed by atoms with van der Waals surface area (Å²) in [6.07, 6.45) is 1.92. The van der Waals surface area contributed by atoms with Crippen LogP contribution < -0.4 is 0 Å². The molecule has 0 saturated heterocycles. The molecule has 0 saturated carbocycles. The van der Waals surface area contributed by atoms with E-state index in [9.17, 15) is 9.59 Å². The van der Waals surface area contributed by atoms with Gasteiger partial charge < -0.3 is 9.84 Å². The highest BCUT2D eigenvalue weighted by Gasteiger charge is 1.94. The minimum Gasteiger partial charge on any atom is -0.466 e. The van der Waals surface area contributed by atoms with Crippen LogP contribution in [0.2, 0.25) is 0 Å². The van der Waals surface area contributed by atoms with Crippen LogP contribution >= 0.6 is 0 Å². The smallest absolute Gasteiger partial charge is 0.330 e. The monoisotopic (exact) mass is 144 g/mol. The van der Waals surface area contributed by atoms with Crippen LogP contribution in [0.25, 0.3) is 0 Å². The van der Waals surface area contributed by atoms with Gasteiger partial charge in [0.15, 0.2) is 5.78 Å². The summed E-state index contributed by atoms with van der Waals surface area (Å²) in [4.78, 5) is 20.6. The number of rotatable bonds is 3. The molecule has 0 atom stereocenters. The largest absolute Gasteiger partial charge is 0.466 e. The van der Waals surface area contributed by atoms with Crippen LogP contribution in [0.15, 0.2) is 12.2 Å². The van der Waals surface area contributed by atoms with Crippen LogP contribution in [-0.2, 0) is 14.3 Å². The molecule has 1 N–H and O–H groups in total. The van der Waals surface area contributed by atoms with E-state index in [2.05, 4.69) is 4.74 Å². The minimum atomic E-state index is -0.609. The van der Waals surface area contributed by atoms with E-state index in [-0.39, 0.29) is 0 Å². The van der Waals surface area contributed by atoms with Gasteiger partial charge in [0.25, 0.3) is 0 Å². The number of aliphatic hydroxyl groups is 1. The van der Waals surface area contributed by atoms with Gasteiger partial charge in [0.2, 0.25) is 0 Å². The summed E-state index contributed by atoms with van der Waals surface area (Å²) in [7, 11) is 1.20. The van der Waals surface area contributed by atoms with Gasteiger partial charge in [-0.15, -0.1) is 0 Å². The Bertz CT molecular complexity index is 141. The number of hydrogen-bond donors (Lipinski definition) is 1. The highest BCUT2D eigenvalue weighted by Crippen LogP contribution is 1.78. The normalized spacial score (nSPS) is 9.80. The van der Waals surface area contributed by atoms with E-state index < -0.39 is 18.4 Å². The number of carbonyl (C=O) groups is 2. The zero-order chi connectivity index (χ0) is 7.98. The SMILES string of the molecule is COC(=O)/C=C\C(=O)CO. The Morgan fingerprint density at radius 2 is 2.10 bits per heavy atom. The van der Waals surface area contributed by atoms with E-state index >= 15 is 0 Å². The van der Waals surface area contributed by atoms with Gasteiger partial charge >= 0.3 is 5.97 Å². The highest BCUT2D eigenvalue weighted by atomic mass is 16.5. The third kappa shape index (κ3) is 3.80. The molecule has 0 aromatic rings. The molecule has 0 aromatic carbocycles. The Balaban J connectivity index is 3.75. The minimum absolute atomic E-state index is 0.523. The summed E-state index contributed by atoms with van der Waals surface area (Å²) in [5.41, 5.74) is 0. The molecule has 0 radical (unpaired) electrons. The molecule has 0 heterocycles. The summed E-state index contributed by atoms with van der Waals surface area (Å²) >= 11 is 0. The standard InChI is InChI=1S/C6H8O4/c1-10-6(9)3-2-5(8)4-7/h2-3,7H,4H2,1H3/b3-2-. The van der Waals surface area contributed by atoms with Gasteiger partial charge in [-0.3, -0.25) is 4.79 Å². The molecule has 0 fully saturated rings. The first-order valence-electron chi connectivity index (χ1n) is 2.60. The average Bonchev–Trinajstić information content (AvgIpc) is 1.99. The second-order valence-corrected chi connectivity index (χ2v) is 1.48. The van der Waals surface area contributed by atoms with Crippen molar-refractivity contribution in [1.29, 1.82) is 0 Å². The van der Waals surface area contributed by atoms with Crippen LogP contribution in [0.5, 0.6) is 0 Å². The first-order chi connectivity index (χ1) is 4.70. The van der Waals surface area contributed by atoms with Gasteiger partial charge in [0.05, 0.1) is 7.11 Å². The number of carbonyl (C=O) groups excluding carboxylic acids is 2. The Kier molecular flexibility index (Phi) is 4.15. The quantitative estimate of drug-likeness (QED) is 0.419. The van der Waals surface area contributed by atoms with Crippen LogP contribution in [0, 0.1) is 0 Å². The van der Waals surface area contributed by atoms with Crippen molar-refractivity contribution in [2.75, 3.05) is 13.7 Å². The van der Waals surface area contributed by atoms with Crippen molar-refractivity contribution >= 4 is 11.8 Å². The van der Waals surface area contributed by atoms with E-state index in [1.54, 1.807) is 0 Å². The summed E-state index contributed by atoms with van der Waals surface area (Å²) in [6.45, 7) is -0.590. The van der Waals surface area contributed by atoms with Gasteiger partial charge in [-0.1, -0.05) is 0 Å². The lowest BCUT2D eigenvalue weighted by atomic mass is 10.4. The molecule has 0 aliphatic carbocycles. The van der Waals surface area contributed by atoms with Crippen LogP contribution in [0.4, 0.5) is 0 Å². The van der Waals surface area contributed by atoms with E-state index in [1.165, 1.54) is 7.11 Å². The van der Waals surface area contributed by atoms with E-state index in [1.807, 2.05) is 0 Å². The van der Waals surface area contributed by atoms with Gasteiger partial charge in [-0.25, -0.2) is 4.79 Å². The topological polar surface area (TPSA) is 63.6 Å². The second-order valence-electron chi connectivity index (χ2n) is 1.48. The lowest BCUT2D eigenvalue weighted by molar-refractivity contribution is -0.135. The van der Waals surface area contributed by atoms with Crippen molar-refractivity contribution in [2.24, 2.45) is 0 Å². The number of ether oxygens (including phenoxy) is 1. The number of esters is 1. The second kappa shape index (κ2) is 4.69. The third-order valence-corrected chi connectivity index (χ3v) is 0.762. The lowest BCUT2D eigenvalue weighted by Crippen LogP contribution is -2.01. The van der Waals surface area contributed by atoms with Crippen LogP contribution in [0.1, 0.15) is 0 Å². The van der Waals surface area contributed by atoms with Crippen molar-refractivity contribution in [3.63, 3.8) is 0 Å². The number of methoxy groups -OCH3 is 1. The van der Waals surface area contributed by atoms with Crippen molar-refractivity contribution in [3.05, 3.63) is 12.2 Å². The van der Waals surface area contributed by atoms with E-state index in [4.69, 9.17) is 5.11 Å². The highest BCUT2D eigenvalue weighted by molar-refractivity contribution is 5.96. The van der Waals surface area contributed by atoms with Crippen molar-refractivity contribution in [3.8, 4) is 0 Å². The Labute approximate surface area is 58.1 Å². The fourth-order valence-electron chi connectivity index (χ4n) is 0.282.